The number of rotatable bonds is 4. The number of carbonyl (C=O) groups is 2. The van der Waals surface area contributed by atoms with E-state index >= 15 is 0 Å². The highest BCUT2D eigenvalue weighted by Crippen LogP contribution is 2.67. The van der Waals surface area contributed by atoms with E-state index in [0.717, 1.165) is 38.5 Å². The Morgan fingerprint density at radius 2 is 1.93 bits per heavy atom. The van der Waals surface area contributed by atoms with Crippen LogP contribution in [0.5, 0.6) is 0 Å². The largest absolute Gasteiger partial charge is 0.469 e. The van der Waals surface area contributed by atoms with E-state index in [-0.39, 0.29) is 22.9 Å². The number of aliphatic hydroxyl groups is 1. The molecule has 0 aromatic heterocycles. The predicted molar refractivity (Wildman–Crippen MR) is 112 cm³/mol. The average Bonchev–Trinajstić information content (AvgIpc) is 3.06. The van der Waals surface area contributed by atoms with Gasteiger partial charge in [-0.15, -0.1) is 0 Å². The van der Waals surface area contributed by atoms with Gasteiger partial charge < -0.3 is 9.84 Å². The highest BCUT2D eigenvalue weighted by atomic mass is 16.5. The Balaban J connectivity index is 1.54. The Hall–Kier alpha value is -0.900. The summed E-state index contributed by atoms with van der Waals surface area (Å²) in [6.45, 7) is 6.94. The maximum Gasteiger partial charge on any atom is 0.305 e. The summed E-state index contributed by atoms with van der Waals surface area (Å²) in [5, 5.41) is 10.2. The smallest absolute Gasteiger partial charge is 0.305 e. The molecule has 0 aromatic carbocycles. The molecule has 4 aliphatic carbocycles. The quantitative estimate of drug-likeness (QED) is 0.685. The van der Waals surface area contributed by atoms with Crippen LogP contribution in [0.2, 0.25) is 0 Å². The van der Waals surface area contributed by atoms with Gasteiger partial charge in [0.05, 0.1) is 13.2 Å². The number of Topliss-reactive ketones (excluding diaryl/α,β-unsaturated/α-hetero) is 1. The minimum absolute atomic E-state index is 0.138. The summed E-state index contributed by atoms with van der Waals surface area (Å²) in [7, 11) is 1.45. The summed E-state index contributed by atoms with van der Waals surface area (Å²) in [5.74, 6) is 3.37. The molecule has 0 bridgehead atoms. The number of hydrogen-bond acceptors (Lipinski definition) is 4. The van der Waals surface area contributed by atoms with Crippen molar-refractivity contribution in [3.8, 4) is 0 Å². The third-order valence-corrected chi connectivity index (χ3v) is 10.3. The van der Waals surface area contributed by atoms with Crippen LogP contribution in [-0.4, -0.2) is 30.1 Å². The van der Waals surface area contributed by atoms with Crippen molar-refractivity contribution in [1.82, 2.24) is 0 Å². The van der Waals surface area contributed by atoms with Crippen LogP contribution in [0, 0.1) is 46.3 Å². The first-order valence-electron chi connectivity index (χ1n) is 12.0. The van der Waals surface area contributed by atoms with Crippen LogP contribution >= 0.6 is 0 Å². The maximum absolute atomic E-state index is 13.7. The summed E-state index contributed by atoms with van der Waals surface area (Å²) in [4.78, 5) is 25.3. The first-order valence-corrected chi connectivity index (χ1v) is 12.0. The van der Waals surface area contributed by atoms with Crippen molar-refractivity contribution in [1.29, 1.82) is 0 Å². The molecule has 29 heavy (non-hydrogen) atoms. The number of ketones is 1. The third-order valence-electron chi connectivity index (χ3n) is 10.3. The highest BCUT2D eigenvalue weighted by Gasteiger charge is 2.63. The van der Waals surface area contributed by atoms with E-state index in [1.165, 1.54) is 26.4 Å². The van der Waals surface area contributed by atoms with Gasteiger partial charge >= 0.3 is 5.97 Å². The molecule has 4 aliphatic rings. The van der Waals surface area contributed by atoms with Gasteiger partial charge in [0.25, 0.3) is 0 Å². The molecule has 0 amide bonds. The minimum atomic E-state index is -0.214. The zero-order valence-electron chi connectivity index (χ0n) is 18.8. The lowest BCUT2D eigenvalue weighted by Crippen LogP contribution is -2.57. The fourth-order valence-electron chi connectivity index (χ4n) is 8.53. The van der Waals surface area contributed by atoms with Crippen molar-refractivity contribution in [2.75, 3.05) is 7.11 Å². The van der Waals surface area contributed by atoms with Crippen molar-refractivity contribution >= 4 is 11.8 Å². The fraction of sp³-hybridized carbons (Fsp3) is 0.920. The average molecular weight is 405 g/mol. The lowest BCUT2D eigenvalue weighted by atomic mass is 9.44. The Morgan fingerprint density at radius 3 is 2.66 bits per heavy atom. The van der Waals surface area contributed by atoms with Gasteiger partial charge in [0.2, 0.25) is 0 Å². The zero-order valence-corrected chi connectivity index (χ0v) is 18.8. The molecule has 4 heteroatoms. The second-order valence-electron chi connectivity index (χ2n) is 11.3. The van der Waals surface area contributed by atoms with Crippen molar-refractivity contribution in [3.05, 3.63) is 0 Å². The molecular weight excluding hydrogens is 364 g/mol. The van der Waals surface area contributed by atoms with E-state index in [2.05, 4.69) is 20.8 Å². The minimum Gasteiger partial charge on any atom is -0.469 e. The van der Waals surface area contributed by atoms with Crippen molar-refractivity contribution in [2.45, 2.75) is 91.1 Å². The summed E-state index contributed by atoms with van der Waals surface area (Å²) in [6, 6.07) is 0. The molecule has 0 spiro atoms. The van der Waals surface area contributed by atoms with Gasteiger partial charge in [-0.05, 0) is 92.3 Å². The van der Waals surface area contributed by atoms with Gasteiger partial charge in [0.15, 0.2) is 0 Å². The molecule has 164 valence electrons. The number of fused-ring (bicyclic) bond motifs is 5. The van der Waals surface area contributed by atoms with E-state index in [1.807, 2.05) is 0 Å². The second-order valence-corrected chi connectivity index (χ2v) is 11.3. The van der Waals surface area contributed by atoms with Crippen LogP contribution in [-0.2, 0) is 14.3 Å². The molecule has 9 atom stereocenters. The van der Waals surface area contributed by atoms with Gasteiger partial charge in [0, 0.05) is 18.3 Å². The van der Waals surface area contributed by atoms with E-state index in [9.17, 15) is 14.7 Å². The fourth-order valence-corrected chi connectivity index (χ4v) is 8.53. The number of hydrogen-bond donors (Lipinski definition) is 1. The number of ether oxygens (including phenoxy) is 1. The Morgan fingerprint density at radius 1 is 1.17 bits per heavy atom. The number of esters is 1. The molecule has 0 aliphatic heterocycles. The normalized spacial score (nSPS) is 47.7. The maximum atomic E-state index is 13.7. The van der Waals surface area contributed by atoms with E-state index in [0.29, 0.717) is 47.7 Å². The van der Waals surface area contributed by atoms with Gasteiger partial charge in [-0.25, -0.2) is 0 Å². The van der Waals surface area contributed by atoms with Gasteiger partial charge in [0.1, 0.15) is 5.78 Å². The summed E-state index contributed by atoms with van der Waals surface area (Å²) < 4.78 is 4.83. The molecule has 4 fully saturated rings. The summed E-state index contributed by atoms with van der Waals surface area (Å²) >= 11 is 0. The zero-order chi connectivity index (χ0) is 21.0. The standard InChI is InChI=1S/C25H40O4/c1-15(5-10-23(28)29-4)19-8-9-20-18-7-6-16-13-17(26)11-12-24(16,2)21(18)14-22(27)25(19,20)3/h15-21,26H,5-14H2,1-4H3/t15-,16-,17-,18+,19+,20-,21-,24+,25-/m1/s1. The van der Waals surface area contributed by atoms with Crippen molar-refractivity contribution < 1.29 is 19.4 Å². The summed E-state index contributed by atoms with van der Waals surface area (Å²) in [6.07, 6.45) is 9.53. The molecular formula is C25H40O4. The monoisotopic (exact) mass is 404 g/mol. The topological polar surface area (TPSA) is 63.6 Å². The molecule has 0 saturated heterocycles. The van der Waals surface area contributed by atoms with Crippen LogP contribution in [0.15, 0.2) is 0 Å². The van der Waals surface area contributed by atoms with E-state index in [4.69, 9.17) is 4.74 Å². The molecule has 0 unspecified atom stereocenters. The van der Waals surface area contributed by atoms with Crippen molar-refractivity contribution in [2.24, 2.45) is 46.3 Å². The molecule has 0 heterocycles. The number of methoxy groups -OCH3 is 1. The van der Waals surface area contributed by atoms with Gasteiger partial charge in [-0.2, -0.15) is 0 Å². The third kappa shape index (κ3) is 3.28. The van der Waals surface area contributed by atoms with E-state index < -0.39 is 0 Å². The molecule has 4 nitrogen and oxygen atoms in total. The molecule has 4 rings (SSSR count). The Labute approximate surface area is 176 Å². The Kier molecular flexibility index (Phi) is 5.63. The highest BCUT2D eigenvalue weighted by molar-refractivity contribution is 5.87. The van der Waals surface area contributed by atoms with Crippen LogP contribution in [0.25, 0.3) is 0 Å². The van der Waals surface area contributed by atoms with E-state index in [1.54, 1.807) is 0 Å². The molecule has 4 saturated carbocycles. The number of carbonyl (C=O) groups excluding carboxylic acids is 2. The molecule has 0 radical (unpaired) electrons. The predicted octanol–water partition coefficient (Wildman–Crippen LogP) is 4.77. The molecule has 1 N–H and O–H groups in total. The first-order chi connectivity index (χ1) is 13.7. The Bertz CT molecular complexity index is 659. The van der Waals surface area contributed by atoms with Crippen LogP contribution in [0.3, 0.4) is 0 Å². The number of aliphatic hydroxyl groups excluding tert-OH is 1. The second kappa shape index (κ2) is 7.66. The van der Waals surface area contributed by atoms with Crippen LogP contribution in [0.1, 0.15) is 85.0 Å². The first kappa shape index (κ1) is 21.3. The van der Waals surface area contributed by atoms with Crippen LogP contribution in [0.4, 0.5) is 0 Å². The SMILES string of the molecule is COC(=O)CC[C@@H](C)[C@@H]1CC[C@@H]2[C@@H]3CC[C@@H]4C[C@H](O)CC[C@]4(C)[C@@H]3CC(=O)[C@@]21C. The lowest BCUT2D eigenvalue weighted by Gasteiger charge is -2.60. The lowest BCUT2D eigenvalue weighted by molar-refractivity contribution is -0.160. The molecule has 0 aromatic rings. The summed E-state index contributed by atoms with van der Waals surface area (Å²) in [5.41, 5.74) is 0.0157. The van der Waals surface area contributed by atoms with Crippen molar-refractivity contribution in [3.63, 3.8) is 0 Å². The van der Waals surface area contributed by atoms with Gasteiger partial charge in [-0.1, -0.05) is 20.8 Å². The van der Waals surface area contributed by atoms with Gasteiger partial charge in [-0.3, -0.25) is 9.59 Å². The van der Waals surface area contributed by atoms with Crippen LogP contribution < -0.4 is 0 Å².